The monoisotopic (exact) mass is 340 g/mol. The second-order valence-corrected chi connectivity index (χ2v) is 7.11. The van der Waals surface area contributed by atoms with Gasteiger partial charge in [-0.3, -0.25) is 14.4 Å². The minimum Gasteiger partial charge on any atom is -0.396 e. The van der Waals surface area contributed by atoms with Gasteiger partial charge in [0, 0.05) is 57.0 Å². The first kappa shape index (κ1) is 16.3. The van der Waals surface area contributed by atoms with Crippen molar-refractivity contribution >= 4 is 11.6 Å². The number of aliphatic hydroxyl groups is 1. The third-order valence-electron chi connectivity index (χ3n) is 5.45. The Morgan fingerprint density at radius 1 is 1.32 bits per heavy atom. The molecule has 132 valence electrons. The fraction of sp³-hybridized carbons (Fsp3) is 0.474. The topological polar surface area (TPSA) is 61.6 Å². The van der Waals surface area contributed by atoms with Crippen LogP contribution in [0.15, 0.2) is 36.7 Å². The molecular formula is C19H24N4O2. The molecule has 6 nitrogen and oxygen atoms in total. The van der Waals surface area contributed by atoms with E-state index in [1.807, 2.05) is 42.5 Å². The average molecular weight is 340 g/mol. The molecule has 0 bridgehead atoms. The molecule has 1 amide bonds. The number of hydrogen-bond acceptors (Lipinski definition) is 4. The van der Waals surface area contributed by atoms with Gasteiger partial charge in [0.25, 0.3) is 0 Å². The van der Waals surface area contributed by atoms with Crippen LogP contribution >= 0.6 is 0 Å². The van der Waals surface area contributed by atoms with E-state index >= 15 is 0 Å². The summed E-state index contributed by atoms with van der Waals surface area (Å²) in [5.74, 6) is 0.536. The van der Waals surface area contributed by atoms with Crippen LogP contribution in [0.3, 0.4) is 0 Å². The molecule has 1 N–H and O–H groups in total. The zero-order valence-corrected chi connectivity index (χ0v) is 14.5. The molecule has 0 saturated carbocycles. The number of aromatic nitrogens is 2. The summed E-state index contributed by atoms with van der Waals surface area (Å²) in [7, 11) is 1.90. The molecule has 6 heteroatoms. The summed E-state index contributed by atoms with van der Waals surface area (Å²) in [6, 6.07) is 8.13. The predicted molar refractivity (Wildman–Crippen MR) is 95.5 cm³/mol. The van der Waals surface area contributed by atoms with Crippen molar-refractivity contribution < 1.29 is 9.90 Å². The van der Waals surface area contributed by atoms with Crippen LogP contribution < -0.4 is 4.90 Å². The second kappa shape index (κ2) is 6.61. The van der Waals surface area contributed by atoms with Gasteiger partial charge in [0.1, 0.15) is 0 Å². The molecule has 0 spiro atoms. The predicted octanol–water partition coefficient (Wildman–Crippen LogP) is 1.02. The highest BCUT2D eigenvalue weighted by Crippen LogP contribution is 2.33. The van der Waals surface area contributed by atoms with Gasteiger partial charge in [-0.25, -0.2) is 0 Å². The number of likely N-dealkylation sites (tertiary alicyclic amines) is 1. The first-order valence-corrected chi connectivity index (χ1v) is 8.85. The van der Waals surface area contributed by atoms with E-state index < -0.39 is 0 Å². The highest BCUT2D eigenvalue weighted by molar-refractivity contribution is 5.96. The van der Waals surface area contributed by atoms with E-state index in [4.69, 9.17) is 0 Å². The molecule has 0 unspecified atom stereocenters. The fourth-order valence-electron chi connectivity index (χ4n) is 4.16. The molecule has 2 aromatic rings. The smallest absolute Gasteiger partial charge is 0.241 e. The maximum absolute atomic E-state index is 12.8. The quantitative estimate of drug-likeness (QED) is 0.903. The summed E-state index contributed by atoms with van der Waals surface area (Å²) in [5, 5.41) is 14.0. The van der Waals surface area contributed by atoms with Crippen LogP contribution in [0.4, 0.5) is 5.69 Å². The number of hydrogen-bond donors (Lipinski definition) is 1. The van der Waals surface area contributed by atoms with E-state index in [1.165, 1.54) is 5.56 Å². The molecule has 2 atom stereocenters. The van der Waals surface area contributed by atoms with Crippen molar-refractivity contribution in [2.75, 3.05) is 37.7 Å². The Balaban J connectivity index is 1.44. The molecule has 0 aliphatic carbocycles. The van der Waals surface area contributed by atoms with Crippen molar-refractivity contribution in [3.05, 3.63) is 47.8 Å². The number of fused-ring (bicyclic) bond motifs is 1. The number of para-hydroxylation sites is 1. The van der Waals surface area contributed by atoms with Crippen molar-refractivity contribution in [2.45, 2.75) is 12.3 Å². The third-order valence-corrected chi connectivity index (χ3v) is 5.45. The number of carbonyl (C=O) groups excluding carboxylic acids is 1. The molecular weight excluding hydrogens is 316 g/mol. The normalized spacial score (nSPS) is 23.2. The number of amides is 1. The van der Waals surface area contributed by atoms with E-state index in [0.29, 0.717) is 6.54 Å². The Kier molecular flexibility index (Phi) is 4.31. The first-order chi connectivity index (χ1) is 12.2. The van der Waals surface area contributed by atoms with Gasteiger partial charge in [-0.15, -0.1) is 0 Å². The average Bonchev–Trinajstić information content (AvgIpc) is 3.32. The Morgan fingerprint density at radius 3 is 2.92 bits per heavy atom. The van der Waals surface area contributed by atoms with Gasteiger partial charge in [-0.2, -0.15) is 5.10 Å². The largest absolute Gasteiger partial charge is 0.396 e. The van der Waals surface area contributed by atoms with E-state index in [-0.39, 0.29) is 24.3 Å². The molecule has 1 fully saturated rings. The summed E-state index contributed by atoms with van der Waals surface area (Å²) in [6.45, 7) is 2.84. The van der Waals surface area contributed by atoms with Crippen molar-refractivity contribution in [3.63, 3.8) is 0 Å². The fourth-order valence-corrected chi connectivity index (χ4v) is 4.16. The second-order valence-electron chi connectivity index (χ2n) is 7.11. The van der Waals surface area contributed by atoms with Crippen molar-refractivity contribution in [1.82, 2.24) is 14.7 Å². The van der Waals surface area contributed by atoms with Crippen molar-refractivity contribution in [2.24, 2.45) is 13.0 Å². The van der Waals surface area contributed by atoms with Gasteiger partial charge >= 0.3 is 0 Å². The Labute approximate surface area is 147 Å². The van der Waals surface area contributed by atoms with E-state index in [0.717, 1.165) is 37.3 Å². The lowest BCUT2D eigenvalue weighted by Crippen LogP contribution is -2.39. The molecule has 0 radical (unpaired) electrons. The Bertz CT molecular complexity index is 772. The van der Waals surface area contributed by atoms with E-state index in [9.17, 15) is 9.90 Å². The number of nitrogens with zero attached hydrogens (tertiary/aromatic N) is 4. The van der Waals surface area contributed by atoms with Gasteiger partial charge in [-0.05, 0) is 23.6 Å². The molecule has 1 saturated heterocycles. The zero-order chi connectivity index (χ0) is 17.4. The lowest BCUT2D eigenvalue weighted by molar-refractivity contribution is -0.119. The Hall–Kier alpha value is -2.18. The lowest BCUT2D eigenvalue weighted by atomic mass is 9.92. The summed E-state index contributed by atoms with van der Waals surface area (Å²) < 4.78 is 1.79. The first-order valence-electron chi connectivity index (χ1n) is 8.85. The van der Waals surface area contributed by atoms with Gasteiger partial charge in [-0.1, -0.05) is 18.2 Å². The summed E-state index contributed by atoms with van der Waals surface area (Å²) >= 11 is 0. The number of rotatable bonds is 4. The zero-order valence-electron chi connectivity index (χ0n) is 14.5. The Morgan fingerprint density at radius 2 is 2.16 bits per heavy atom. The summed E-state index contributed by atoms with van der Waals surface area (Å²) in [6.07, 6.45) is 4.81. The maximum atomic E-state index is 12.8. The van der Waals surface area contributed by atoms with Crippen LogP contribution in [-0.2, 0) is 18.3 Å². The van der Waals surface area contributed by atoms with Gasteiger partial charge < -0.3 is 10.0 Å². The molecule has 4 rings (SSSR count). The number of aryl methyl sites for hydroxylation is 1. The lowest BCUT2D eigenvalue weighted by Gasteiger charge is -2.21. The van der Waals surface area contributed by atoms with E-state index in [2.05, 4.69) is 16.1 Å². The number of benzene rings is 1. The minimum absolute atomic E-state index is 0.136. The molecule has 25 heavy (non-hydrogen) atoms. The van der Waals surface area contributed by atoms with Crippen LogP contribution in [0, 0.1) is 5.92 Å². The number of carbonyl (C=O) groups is 1. The van der Waals surface area contributed by atoms with Crippen LogP contribution in [0.2, 0.25) is 0 Å². The van der Waals surface area contributed by atoms with Crippen molar-refractivity contribution in [1.29, 1.82) is 0 Å². The molecule has 2 aliphatic rings. The highest BCUT2D eigenvalue weighted by Gasteiger charge is 2.36. The minimum atomic E-state index is 0.136. The number of aliphatic hydroxyl groups excluding tert-OH is 1. The van der Waals surface area contributed by atoms with Gasteiger partial charge in [0.15, 0.2) is 0 Å². The van der Waals surface area contributed by atoms with E-state index in [1.54, 1.807) is 4.68 Å². The van der Waals surface area contributed by atoms with Crippen LogP contribution in [0.25, 0.3) is 0 Å². The number of anilines is 1. The SMILES string of the molecule is Cn1cc([C@@H]2CN(CC(=O)N3CCc4ccccc43)C[C@H]2CO)cn1. The summed E-state index contributed by atoms with van der Waals surface area (Å²) in [4.78, 5) is 16.9. The van der Waals surface area contributed by atoms with Crippen LogP contribution in [0.1, 0.15) is 17.0 Å². The van der Waals surface area contributed by atoms with Gasteiger partial charge in [0.05, 0.1) is 12.7 Å². The summed E-state index contributed by atoms with van der Waals surface area (Å²) in [5.41, 5.74) is 3.44. The third kappa shape index (κ3) is 3.07. The standard InChI is InChI=1S/C19H24N4O2/c1-21-9-15(8-20-21)17-11-22(10-16(17)13-24)12-19(25)23-7-6-14-4-2-3-5-18(14)23/h2-5,8-9,16-17,24H,6-7,10-13H2,1H3/t16-,17-/m0/s1. The molecule has 1 aromatic carbocycles. The van der Waals surface area contributed by atoms with Gasteiger partial charge in [0.2, 0.25) is 5.91 Å². The molecule has 3 heterocycles. The maximum Gasteiger partial charge on any atom is 0.241 e. The van der Waals surface area contributed by atoms with Crippen LogP contribution in [0.5, 0.6) is 0 Å². The molecule has 2 aliphatic heterocycles. The van der Waals surface area contributed by atoms with Crippen LogP contribution in [-0.4, -0.2) is 58.5 Å². The molecule has 1 aromatic heterocycles. The van der Waals surface area contributed by atoms with Crippen molar-refractivity contribution in [3.8, 4) is 0 Å². The highest BCUT2D eigenvalue weighted by atomic mass is 16.3.